The molecule has 0 aliphatic heterocycles. The Balaban J connectivity index is 1.26. The summed E-state index contributed by atoms with van der Waals surface area (Å²) in [6.07, 6.45) is 6.70. The molecule has 0 heterocycles. The third-order valence-electron chi connectivity index (χ3n) is 6.35. The Labute approximate surface area is 222 Å². The van der Waals surface area contributed by atoms with E-state index in [1.807, 2.05) is 31.2 Å². The van der Waals surface area contributed by atoms with Crippen molar-refractivity contribution in [2.24, 2.45) is 5.10 Å². The van der Waals surface area contributed by atoms with Gasteiger partial charge in [0.05, 0.1) is 17.5 Å². The summed E-state index contributed by atoms with van der Waals surface area (Å²) in [6.45, 7) is 2.50. The number of ether oxygens (including phenoxy) is 1. The van der Waals surface area contributed by atoms with Crippen molar-refractivity contribution in [2.45, 2.75) is 51.7 Å². The molecule has 3 aromatic rings. The molecule has 0 unspecified atom stereocenters. The Bertz CT molecular complexity index is 1280. The van der Waals surface area contributed by atoms with Crippen LogP contribution in [0.2, 0.25) is 0 Å². The van der Waals surface area contributed by atoms with E-state index in [-0.39, 0.29) is 17.6 Å². The van der Waals surface area contributed by atoms with E-state index in [1.165, 1.54) is 18.2 Å². The number of nitrogens with one attached hydrogen (secondary N) is 3. The second-order valence-corrected chi connectivity index (χ2v) is 9.35. The van der Waals surface area contributed by atoms with Crippen molar-refractivity contribution >= 4 is 29.6 Å². The summed E-state index contributed by atoms with van der Waals surface area (Å²) in [7, 11) is 0. The number of anilines is 1. The van der Waals surface area contributed by atoms with Gasteiger partial charge in [-0.3, -0.25) is 14.4 Å². The van der Waals surface area contributed by atoms with Crippen molar-refractivity contribution in [3.05, 3.63) is 95.1 Å². The Morgan fingerprint density at radius 2 is 1.61 bits per heavy atom. The summed E-state index contributed by atoms with van der Waals surface area (Å²) in [5, 5.41) is 9.41. The van der Waals surface area contributed by atoms with E-state index in [4.69, 9.17) is 4.74 Å². The summed E-state index contributed by atoms with van der Waals surface area (Å²) in [5.74, 6) is -1.42. The Morgan fingerprint density at radius 1 is 0.895 bits per heavy atom. The quantitative estimate of drug-likeness (QED) is 0.230. The highest BCUT2D eigenvalue weighted by Crippen LogP contribution is 2.20. The van der Waals surface area contributed by atoms with Gasteiger partial charge in [0.1, 0.15) is 12.4 Å². The number of aryl methyl sites for hydroxylation is 1. The minimum absolute atomic E-state index is 0.131. The Morgan fingerprint density at radius 3 is 2.34 bits per heavy atom. The van der Waals surface area contributed by atoms with E-state index in [0.717, 1.165) is 36.8 Å². The van der Waals surface area contributed by atoms with Crippen LogP contribution in [0.3, 0.4) is 0 Å². The van der Waals surface area contributed by atoms with Gasteiger partial charge < -0.3 is 15.4 Å². The van der Waals surface area contributed by atoms with Crippen molar-refractivity contribution in [3.63, 3.8) is 0 Å². The maximum Gasteiger partial charge on any atom is 0.329 e. The van der Waals surface area contributed by atoms with Crippen LogP contribution >= 0.6 is 0 Å². The molecule has 0 atom stereocenters. The molecule has 38 heavy (non-hydrogen) atoms. The first-order valence-corrected chi connectivity index (χ1v) is 12.8. The topological polar surface area (TPSA) is 109 Å². The molecule has 1 aliphatic rings. The summed E-state index contributed by atoms with van der Waals surface area (Å²) in [6, 6.07) is 22.1. The fourth-order valence-corrected chi connectivity index (χ4v) is 4.20. The molecule has 0 saturated heterocycles. The van der Waals surface area contributed by atoms with Gasteiger partial charge in [-0.15, -0.1) is 0 Å². The second-order valence-electron chi connectivity index (χ2n) is 9.35. The van der Waals surface area contributed by atoms with E-state index in [1.54, 1.807) is 48.5 Å². The van der Waals surface area contributed by atoms with Crippen LogP contribution in [0.1, 0.15) is 59.2 Å². The van der Waals surface area contributed by atoms with E-state index < -0.39 is 11.8 Å². The number of benzene rings is 3. The number of rotatable bonds is 8. The molecule has 0 radical (unpaired) electrons. The predicted octanol–water partition coefficient (Wildman–Crippen LogP) is 4.73. The number of hydrazone groups is 1. The fourth-order valence-electron chi connectivity index (χ4n) is 4.20. The lowest BCUT2D eigenvalue weighted by atomic mass is 9.95. The van der Waals surface area contributed by atoms with Crippen molar-refractivity contribution in [1.29, 1.82) is 0 Å². The molecule has 1 fully saturated rings. The van der Waals surface area contributed by atoms with Gasteiger partial charge in [-0.25, -0.2) is 5.43 Å². The summed E-state index contributed by atoms with van der Waals surface area (Å²) in [5.41, 5.74) is 5.80. The first-order valence-electron chi connectivity index (χ1n) is 12.8. The van der Waals surface area contributed by atoms with E-state index in [0.29, 0.717) is 17.9 Å². The number of hydrogen-bond donors (Lipinski definition) is 3. The minimum atomic E-state index is -0.943. The summed E-state index contributed by atoms with van der Waals surface area (Å²) in [4.78, 5) is 37.5. The zero-order valence-electron chi connectivity index (χ0n) is 21.4. The normalized spacial score (nSPS) is 13.6. The molecule has 196 valence electrons. The average Bonchev–Trinajstić information content (AvgIpc) is 2.94. The van der Waals surface area contributed by atoms with Crippen LogP contribution in [0.25, 0.3) is 0 Å². The van der Waals surface area contributed by atoms with Gasteiger partial charge in [0, 0.05) is 6.04 Å². The van der Waals surface area contributed by atoms with Gasteiger partial charge in [-0.1, -0.05) is 61.2 Å². The highest BCUT2D eigenvalue weighted by Gasteiger charge is 2.20. The predicted molar refractivity (Wildman–Crippen MR) is 147 cm³/mol. The van der Waals surface area contributed by atoms with Crippen LogP contribution < -0.4 is 20.8 Å². The lowest BCUT2D eigenvalue weighted by molar-refractivity contribution is -0.136. The minimum Gasteiger partial charge on any atom is -0.489 e. The molecule has 3 aromatic carbocycles. The van der Waals surface area contributed by atoms with Crippen molar-refractivity contribution in [2.75, 3.05) is 5.32 Å². The molecular weight excluding hydrogens is 480 g/mol. The molecule has 0 bridgehead atoms. The van der Waals surface area contributed by atoms with E-state index in [2.05, 4.69) is 21.2 Å². The lowest BCUT2D eigenvalue weighted by Crippen LogP contribution is -2.37. The Hall–Kier alpha value is -4.46. The molecule has 1 saturated carbocycles. The van der Waals surface area contributed by atoms with Crippen molar-refractivity contribution < 1.29 is 19.1 Å². The number of nitrogens with zero attached hydrogens (tertiary/aromatic N) is 1. The number of amides is 3. The second kappa shape index (κ2) is 13.2. The van der Waals surface area contributed by atoms with Crippen molar-refractivity contribution in [3.8, 4) is 5.75 Å². The lowest BCUT2D eigenvalue weighted by Gasteiger charge is -2.23. The molecule has 4 rings (SSSR count). The number of carbonyl (C=O) groups excluding carboxylic acids is 3. The molecule has 8 heteroatoms. The summed E-state index contributed by atoms with van der Waals surface area (Å²) >= 11 is 0. The van der Waals surface area contributed by atoms with Gasteiger partial charge in [0.25, 0.3) is 5.91 Å². The Kier molecular flexibility index (Phi) is 9.23. The van der Waals surface area contributed by atoms with Crippen LogP contribution in [-0.4, -0.2) is 30.0 Å². The largest absolute Gasteiger partial charge is 0.489 e. The first-order chi connectivity index (χ1) is 18.5. The molecule has 3 amide bonds. The van der Waals surface area contributed by atoms with Crippen LogP contribution in [0.5, 0.6) is 5.75 Å². The summed E-state index contributed by atoms with van der Waals surface area (Å²) < 4.78 is 5.79. The van der Waals surface area contributed by atoms with Gasteiger partial charge >= 0.3 is 11.8 Å². The average molecular weight is 513 g/mol. The standard InChI is InChI=1S/C30H32N4O4/c1-21-11-13-23(14-12-21)20-38-25-17-15-22(16-18-25)19-31-34-30(37)29(36)33-27-10-6-5-9-26(27)28(35)32-24-7-3-2-4-8-24/h5-6,9-19,24H,2-4,7-8,20H2,1H3,(H,32,35)(H,33,36)(H,34,37). The number of hydrogen-bond acceptors (Lipinski definition) is 5. The molecule has 1 aliphatic carbocycles. The van der Waals surface area contributed by atoms with E-state index in [9.17, 15) is 14.4 Å². The van der Waals surface area contributed by atoms with Gasteiger partial charge in [-0.05, 0) is 67.3 Å². The number of carbonyl (C=O) groups is 3. The van der Waals surface area contributed by atoms with Gasteiger partial charge in [0.2, 0.25) is 0 Å². The molecular formula is C30H32N4O4. The zero-order chi connectivity index (χ0) is 26.7. The number of para-hydroxylation sites is 1. The van der Waals surface area contributed by atoms with Crippen LogP contribution in [0, 0.1) is 6.92 Å². The van der Waals surface area contributed by atoms with Crippen LogP contribution in [-0.2, 0) is 16.2 Å². The third-order valence-corrected chi connectivity index (χ3v) is 6.35. The zero-order valence-corrected chi connectivity index (χ0v) is 21.4. The van der Waals surface area contributed by atoms with Crippen molar-refractivity contribution in [1.82, 2.24) is 10.7 Å². The van der Waals surface area contributed by atoms with Crippen LogP contribution in [0.15, 0.2) is 77.9 Å². The highest BCUT2D eigenvalue weighted by atomic mass is 16.5. The highest BCUT2D eigenvalue weighted by molar-refractivity contribution is 6.40. The van der Waals surface area contributed by atoms with Gasteiger partial charge in [-0.2, -0.15) is 5.10 Å². The molecule has 0 aromatic heterocycles. The smallest absolute Gasteiger partial charge is 0.329 e. The molecule has 8 nitrogen and oxygen atoms in total. The maximum atomic E-state index is 12.8. The molecule has 3 N–H and O–H groups in total. The first kappa shape index (κ1) is 26.6. The monoisotopic (exact) mass is 512 g/mol. The van der Waals surface area contributed by atoms with E-state index >= 15 is 0 Å². The van der Waals surface area contributed by atoms with Crippen LogP contribution in [0.4, 0.5) is 5.69 Å². The third kappa shape index (κ3) is 7.77. The maximum absolute atomic E-state index is 12.8. The molecule has 0 spiro atoms. The SMILES string of the molecule is Cc1ccc(COc2ccc(C=NNC(=O)C(=O)Nc3ccccc3C(=O)NC3CCCCC3)cc2)cc1. The van der Waals surface area contributed by atoms with Gasteiger partial charge in [0.15, 0.2) is 0 Å². The fraction of sp³-hybridized carbons (Fsp3) is 0.267.